The Morgan fingerprint density at radius 3 is 2.67 bits per heavy atom. The van der Waals surface area contributed by atoms with Crippen LogP contribution >= 0.6 is 0 Å². The molecular weight excluding hydrogens is 338 g/mol. The number of imidazole rings is 1. The predicted molar refractivity (Wildman–Crippen MR) is 105 cm³/mol. The Bertz CT molecular complexity index is 1050. The van der Waals surface area contributed by atoms with Gasteiger partial charge in [0.2, 0.25) is 0 Å². The number of carbonyl (C=O) groups is 1. The molecule has 2 aromatic carbocycles. The molecule has 6 nitrogen and oxygen atoms in total. The van der Waals surface area contributed by atoms with Gasteiger partial charge >= 0.3 is 0 Å². The minimum Gasteiger partial charge on any atom is -0.350 e. The summed E-state index contributed by atoms with van der Waals surface area (Å²) in [5.41, 5.74) is 3.84. The summed E-state index contributed by atoms with van der Waals surface area (Å²) < 4.78 is 3.98. The third-order valence-corrected chi connectivity index (χ3v) is 4.59. The van der Waals surface area contributed by atoms with Crippen LogP contribution in [0.5, 0.6) is 0 Å². The molecule has 0 bridgehead atoms. The Hall–Kier alpha value is -3.41. The van der Waals surface area contributed by atoms with Crippen LogP contribution in [0.3, 0.4) is 0 Å². The molecule has 0 atom stereocenters. The number of benzene rings is 2. The van der Waals surface area contributed by atoms with Crippen molar-refractivity contribution in [2.24, 2.45) is 0 Å². The van der Waals surface area contributed by atoms with Gasteiger partial charge in [-0.15, -0.1) is 0 Å². The van der Waals surface area contributed by atoms with E-state index in [1.165, 1.54) is 0 Å². The maximum atomic E-state index is 12.4. The van der Waals surface area contributed by atoms with Crippen molar-refractivity contribution in [1.29, 1.82) is 0 Å². The van der Waals surface area contributed by atoms with Crippen molar-refractivity contribution in [1.82, 2.24) is 24.6 Å². The fourth-order valence-corrected chi connectivity index (χ4v) is 3.20. The van der Waals surface area contributed by atoms with Crippen LogP contribution < -0.4 is 5.32 Å². The van der Waals surface area contributed by atoms with Gasteiger partial charge in [-0.3, -0.25) is 9.48 Å². The topological polar surface area (TPSA) is 64.7 Å². The van der Waals surface area contributed by atoms with E-state index in [4.69, 9.17) is 0 Å². The van der Waals surface area contributed by atoms with Crippen LogP contribution in [0.15, 0.2) is 67.0 Å². The van der Waals surface area contributed by atoms with Gasteiger partial charge in [-0.25, -0.2) is 4.98 Å². The van der Waals surface area contributed by atoms with Crippen molar-refractivity contribution in [2.75, 3.05) is 6.54 Å². The Morgan fingerprint density at radius 1 is 1.07 bits per heavy atom. The van der Waals surface area contributed by atoms with E-state index in [0.717, 1.165) is 22.4 Å². The lowest BCUT2D eigenvalue weighted by Crippen LogP contribution is -2.27. The van der Waals surface area contributed by atoms with E-state index in [0.29, 0.717) is 25.2 Å². The van der Waals surface area contributed by atoms with E-state index in [-0.39, 0.29) is 5.91 Å². The lowest BCUT2D eigenvalue weighted by molar-refractivity contribution is 0.0952. The van der Waals surface area contributed by atoms with Crippen LogP contribution in [0, 0.1) is 6.92 Å². The number of fused-ring (bicyclic) bond motifs is 1. The summed E-state index contributed by atoms with van der Waals surface area (Å²) in [6, 6.07) is 17.6. The smallest absolute Gasteiger partial charge is 0.251 e. The molecular formula is C21H21N5O. The number of hydrogen-bond donors (Lipinski definition) is 1. The molecule has 2 heterocycles. The maximum absolute atomic E-state index is 12.4. The van der Waals surface area contributed by atoms with Gasteiger partial charge in [-0.2, -0.15) is 5.10 Å². The summed E-state index contributed by atoms with van der Waals surface area (Å²) in [7, 11) is 0. The van der Waals surface area contributed by atoms with Gasteiger partial charge in [-0.1, -0.05) is 24.3 Å². The molecule has 136 valence electrons. The first-order valence-electron chi connectivity index (χ1n) is 8.97. The molecule has 0 spiro atoms. The molecule has 1 amide bonds. The van der Waals surface area contributed by atoms with Crippen LogP contribution in [0.25, 0.3) is 11.0 Å². The summed E-state index contributed by atoms with van der Waals surface area (Å²) in [6.45, 7) is 3.92. The van der Waals surface area contributed by atoms with Crippen LogP contribution in [0.2, 0.25) is 0 Å². The predicted octanol–water partition coefficient (Wildman–Crippen LogP) is 3.02. The average molecular weight is 359 g/mol. The van der Waals surface area contributed by atoms with Crippen molar-refractivity contribution in [3.8, 4) is 0 Å². The highest BCUT2D eigenvalue weighted by Gasteiger charge is 2.08. The van der Waals surface area contributed by atoms with Crippen molar-refractivity contribution in [2.45, 2.75) is 20.0 Å². The summed E-state index contributed by atoms with van der Waals surface area (Å²) in [5.74, 6) is 0.885. The molecule has 2 aromatic heterocycles. The number of rotatable bonds is 6. The molecule has 4 aromatic rings. The third-order valence-electron chi connectivity index (χ3n) is 4.59. The Balaban J connectivity index is 1.35. The largest absolute Gasteiger partial charge is 0.350 e. The normalized spacial score (nSPS) is 11.0. The zero-order valence-electron chi connectivity index (χ0n) is 15.2. The maximum Gasteiger partial charge on any atom is 0.251 e. The summed E-state index contributed by atoms with van der Waals surface area (Å²) in [6.07, 6.45) is 3.68. The van der Waals surface area contributed by atoms with Crippen molar-refractivity contribution in [3.05, 3.63) is 83.9 Å². The second-order valence-electron chi connectivity index (χ2n) is 6.46. The van der Waals surface area contributed by atoms with Crippen molar-refractivity contribution >= 4 is 16.9 Å². The van der Waals surface area contributed by atoms with E-state index >= 15 is 0 Å². The van der Waals surface area contributed by atoms with Gasteiger partial charge in [0.15, 0.2) is 0 Å². The monoisotopic (exact) mass is 359 g/mol. The van der Waals surface area contributed by atoms with Gasteiger partial charge in [-0.05, 0) is 42.8 Å². The van der Waals surface area contributed by atoms with E-state index in [9.17, 15) is 4.79 Å². The number of para-hydroxylation sites is 2. The number of nitrogens with zero attached hydrogens (tertiary/aromatic N) is 4. The Morgan fingerprint density at radius 2 is 1.89 bits per heavy atom. The molecule has 0 aliphatic heterocycles. The summed E-state index contributed by atoms with van der Waals surface area (Å²) in [5, 5.41) is 7.18. The molecule has 4 rings (SSSR count). The van der Waals surface area contributed by atoms with Crippen LogP contribution in [-0.4, -0.2) is 31.8 Å². The number of amides is 1. The van der Waals surface area contributed by atoms with E-state index in [2.05, 4.69) is 26.0 Å². The van der Waals surface area contributed by atoms with Gasteiger partial charge in [0.25, 0.3) is 5.91 Å². The number of aromatic nitrogens is 4. The molecule has 0 saturated heterocycles. The zero-order chi connectivity index (χ0) is 18.6. The molecule has 6 heteroatoms. The number of nitrogens with one attached hydrogen (secondary N) is 1. The minimum absolute atomic E-state index is 0.0669. The first-order chi connectivity index (χ1) is 13.2. The Labute approximate surface area is 157 Å². The molecule has 0 saturated carbocycles. The highest BCUT2D eigenvalue weighted by atomic mass is 16.1. The van der Waals surface area contributed by atoms with E-state index in [1.54, 1.807) is 6.20 Å². The molecule has 27 heavy (non-hydrogen) atoms. The van der Waals surface area contributed by atoms with Crippen LogP contribution in [0.1, 0.15) is 21.7 Å². The van der Waals surface area contributed by atoms with E-state index < -0.39 is 0 Å². The van der Waals surface area contributed by atoms with Gasteiger partial charge in [0, 0.05) is 31.0 Å². The second kappa shape index (κ2) is 7.45. The standard InChI is InChI=1S/C21H21N5O/c1-16-24-19-5-2-3-6-20(19)26(16)14-12-22-21(27)18-9-7-17(8-10-18)15-25-13-4-11-23-25/h2-11,13H,12,14-15H2,1H3,(H,22,27). The van der Waals surface area contributed by atoms with Gasteiger partial charge in [0.05, 0.1) is 17.6 Å². The number of aryl methyl sites for hydroxylation is 1. The fraction of sp³-hybridized carbons (Fsp3) is 0.190. The minimum atomic E-state index is -0.0669. The molecule has 0 aliphatic carbocycles. The molecule has 1 N–H and O–H groups in total. The summed E-state index contributed by atoms with van der Waals surface area (Å²) in [4.78, 5) is 16.9. The number of carbonyl (C=O) groups excluding carboxylic acids is 1. The van der Waals surface area contributed by atoms with Crippen molar-refractivity contribution < 1.29 is 4.79 Å². The fourth-order valence-electron chi connectivity index (χ4n) is 3.20. The average Bonchev–Trinajstić information content (AvgIpc) is 3.30. The molecule has 0 fully saturated rings. The molecule has 0 aliphatic rings. The molecule has 0 radical (unpaired) electrons. The van der Waals surface area contributed by atoms with Crippen LogP contribution in [0.4, 0.5) is 0 Å². The van der Waals surface area contributed by atoms with Gasteiger partial charge < -0.3 is 9.88 Å². The van der Waals surface area contributed by atoms with Crippen molar-refractivity contribution in [3.63, 3.8) is 0 Å². The SMILES string of the molecule is Cc1nc2ccccc2n1CCNC(=O)c1ccc(Cn2cccn2)cc1. The molecule has 0 unspecified atom stereocenters. The summed E-state index contributed by atoms with van der Waals surface area (Å²) >= 11 is 0. The lowest BCUT2D eigenvalue weighted by atomic mass is 10.1. The highest BCUT2D eigenvalue weighted by Crippen LogP contribution is 2.15. The van der Waals surface area contributed by atoms with Gasteiger partial charge in [0.1, 0.15) is 5.82 Å². The first kappa shape index (κ1) is 17.0. The number of hydrogen-bond acceptors (Lipinski definition) is 3. The quantitative estimate of drug-likeness (QED) is 0.575. The first-order valence-corrected chi connectivity index (χ1v) is 8.97. The van der Waals surface area contributed by atoms with Crippen LogP contribution in [-0.2, 0) is 13.1 Å². The van der Waals surface area contributed by atoms with E-state index in [1.807, 2.05) is 66.3 Å². The second-order valence-corrected chi connectivity index (χ2v) is 6.46. The Kier molecular flexibility index (Phi) is 4.70. The third kappa shape index (κ3) is 3.74. The lowest BCUT2D eigenvalue weighted by Gasteiger charge is -2.09. The zero-order valence-corrected chi connectivity index (χ0v) is 15.2. The highest BCUT2D eigenvalue weighted by molar-refractivity contribution is 5.94.